The topological polar surface area (TPSA) is 34.5 Å². The number of amides is 1. The summed E-state index contributed by atoms with van der Waals surface area (Å²) in [5, 5.41) is 1.02. The Labute approximate surface area is 141 Å². The molecule has 1 aromatic heterocycles. The number of morpholine rings is 1. The van der Waals surface area contributed by atoms with E-state index in [1.807, 2.05) is 47.5 Å². The van der Waals surface area contributed by atoms with Crippen molar-refractivity contribution in [2.75, 3.05) is 26.3 Å². The van der Waals surface area contributed by atoms with Gasteiger partial charge in [-0.1, -0.05) is 48.5 Å². The van der Waals surface area contributed by atoms with Crippen molar-refractivity contribution in [3.63, 3.8) is 0 Å². The molecule has 24 heavy (non-hydrogen) atoms. The second-order valence-corrected chi connectivity index (χ2v) is 6.08. The Kier molecular flexibility index (Phi) is 4.05. The quantitative estimate of drug-likeness (QED) is 0.743. The van der Waals surface area contributed by atoms with Crippen molar-refractivity contribution in [2.24, 2.45) is 0 Å². The average molecular weight is 320 g/mol. The summed E-state index contributed by atoms with van der Waals surface area (Å²) >= 11 is 0. The maximum atomic E-state index is 12.9. The third-order valence-corrected chi connectivity index (χ3v) is 4.51. The summed E-state index contributed by atoms with van der Waals surface area (Å²) in [6.07, 6.45) is 2.00. The van der Waals surface area contributed by atoms with Gasteiger partial charge >= 0.3 is 0 Å². The molecule has 1 saturated heterocycles. The molecule has 0 N–H and O–H groups in total. The summed E-state index contributed by atoms with van der Waals surface area (Å²) in [6.45, 7) is 3.33. The van der Waals surface area contributed by atoms with E-state index in [9.17, 15) is 4.79 Å². The molecule has 2 aromatic carbocycles. The van der Waals surface area contributed by atoms with E-state index in [1.165, 1.54) is 5.56 Å². The number of carbonyl (C=O) groups is 1. The number of rotatable bonds is 3. The Morgan fingerprint density at radius 1 is 0.958 bits per heavy atom. The molecule has 1 fully saturated rings. The van der Waals surface area contributed by atoms with Gasteiger partial charge in [-0.15, -0.1) is 0 Å². The molecular formula is C20H20N2O2. The first kappa shape index (κ1) is 15.0. The SMILES string of the molecule is O=C(c1cn(Cc2ccccc2)c2ccccc12)N1CCOCC1. The van der Waals surface area contributed by atoms with Gasteiger partial charge in [0.05, 0.1) is 18.8 Å². The lowest BCUT2D eigenvalue weighted by molar-refractivity contribution is 0.0304. The number of benzene rings is 2. The van der Waals surface area contributed by atoms with Crippen LogP contribution in [0.5, 0.6) is 0 Å². The van der Waals surface area contributed by atoms with Gasteiger partial charge in [0.25, 0.3) is 5.91 Å². The molecule has 0 spiro atoms. The van der Waals surface area contributed by atoms with E-state index in [1.54, 1.807) is 0 Å². The van der Waals surface area contributed by atoms with Crippen molar-refractivity contribution in [1.82, 2.24) is 9.47 Å². The largest absolute Gasteiger partial charge is 0.378 e. The molecule has 3 aromatic rings. The zero-order valence-electron chi connectivity index (χ0n) is 13.5. The molecule has 122 valence electrons. The maximum absolute atomic E-state index is 12.9. The first-order valence-corrected chi connectivity index (χ1v) is 8.32. The van der Waals surface area contributed by atoms with Crippen molar-refractivity contribution in [3.05, 3.63) is 71.9 Å². The van der Waals surface area contributed by atoms with Crippen LogP contribution in [0, 0.1) is 0 Å². The normalized spacial score (nSPS) is 14.9. The van der Waals surface area contributed by atoms with Crippen molar-refractivity contribution < 1.29 is 9.53 Å². The van der Waals surface area contributed by atoms with Crippen molar-refractivity contribution in [1.29, 1.82) is 0 Å². The van der Waals surface area contributed by atoms with Crippen LogP contribution in [-0.4, -0.2) is 41.7 Å². The summed E-state index contributed by atoms with van der Waals surface area (Å²) in [4.78, 5) is 14.8. The molecule has 0 radical (unpaired) electrons. The predicted molar refractivity (Wildman–Crippen MR) is 94.2 cm³/mol. The van der Waals surface area contributed by atoms with E-state index >= 15 is 0 Å². The summed E-state index contributed by atoms with van der Waals surface area (Å²) in [5.74, 6) is 0.0984. The second kappa shape index (κ2) is 6.49. The standard InChI is InChI=1S/C20H20N2O2/c23-20(21-10-12-24-13-11-21)18-15-22(14-16-6-2-1-3-7-16)19-9-5-4-8-17(18)19/h1-9,15H,10-14H2. The number of hydrogen-bond donors (Lipinski definition) is 0. The molecule has 2 heterocycles. The zero-order chi connectivity index (χ0) is 16.4. The van der Waals surface area contributed by atoms with Crippen LogP contribution < -0.4 is 0 Å². The third kappa shape index (κ3) is 2.81. The number of para-hydroxylation sites is 1. The molecule has 1 aliphatic rings. The number of fused-ring (bicyclic) bond motifs is 1. The van der Waals surface area contributed by atoms with Gasteiger partial charge in [0.2, 0.25) is 0 Å². The third-order valence-electron chi connectivity index (χ3n) is 4.51. The lowest BCUT2D eigenvalue weighted by Gasteiger charge is -2.26. The maximum Gasteiger partial charge on any atom is 0.256 e. The Morgan fingerprint density at radius 2 is 1.67 bits per heavy atom. The first-order chi connectivity index (χ1) is 11.8. The van der Waals surface area contributed by atoms with Crippen LogP contribution >= 0.6 is 0 Å². The fourth-order valence-electron chi connectivity index (χ4n) is 3.26. The highest BCUT2D eigenvalue weighted by atomic mass is 16.5. The van der Waals surface area contributed by atoms with Crippen LogP contribution in [0.15, 0.2) is 60.8 Å². The van der Waals surface area contributed by atoms with E-state index < -0.39 is 0 Å². The summed E-state index contributed by atoms with van der Waals surface area (Å²) < 4.78 is 7.52. The van der Waals surface area contributed by atoms with Crippen molar-refractivity contribution >= 4 is 16.8 Å². The van der Waals surface area contributed by atoms with Gasteiger partial charge in [-0.25, -0.2) is 0 Å². The lowest BCUT2D eigenvalue weighted by Crippen LogP contribution is -2.40. The highest BCUT2D eigenvalue weighted by Gasteiger charge is 2.22. The zero-order valence-corrected chi connectivity index (χ0v) is 13.5. The van der Waals surface area contributed by atoms with Gasteiger partial charge in [-0.3, -0.25) is 4.79 Å². The minimum absolute atomic E-state index is 0.0984. The molecule has 0 unspecified atom stereocenters. The second-order valence-electron chi connectivity index (χ2n) is 6.08. The highest BCUT2D eigenvalue weighted by Crippen LogP contribution is 2.24. The molecule has 4 nitrogen and oxygen atoms in total. The minimum Gasteiger partial charge on any atom is -0.378 e. The van der Waals surface area contributed by atoms with Gasteiger partial charge in [0.1, 0.15) is 0 Å². The Balaban J connectivity index is 1.72. The fraction of sp³-hybridized carbons (Fsp3) is 0.250. The van der Waals surface area contributed by atoms with Gasteiger partial charge in [-0.05, 0) is 11.6 Å². The van der Waals surface area contributed by atoms with Crippen LogP contribution in [0.1, 0.15) is 15.9 Å². The number of nitrogens with zero attached hydrogens (tertiary/aromatic N) is 2. The van der Waals surface area contributed by atoms with Crippen LogP contribution in [-0.2, 0) is 11.3 Å². The van der Waals surface area contributed by atoms with Crippen LogP contribution in [0.4, 0.5) is 0 Å². The van der Waals surface area contributed by atoms with E-state index in [2.05, 4.69) is 22.8 Å². The number of hydrogen-bond acceptors (Lipinski definition) is 2. The van der Waals surface area contributed by atoms with Gasteiger partial charge in [0, 0.05) is 36.7 Å². The van der Waals surface area contributed by atoms with Gasteiger partial charge in [0.15, 0.2) is 0 Å². The Morgan fingerprint density at radius 3 is 2.46 bits per heavy atom. The van der Waals surface area contributed by atoms with E-state index in [-0.39, 0.29) is 5.91 Å². The molecular weight excluding hydrogens is 300 g/mol. The van der Waals surface area contributed by atoms with Crippen LogP contribution in [0.2, 0.25) is 0 Å². The average Bonchev–Trinajstić information content (AvgIpc) is 3.01. The molecule has 1 amide bonds. The molecule has 4 rings (SSSR count). The van der Waals surface area contributed by atoms with Crippen LogP contribution in [0.25, 0.3) is 10.9 Å². The van der Waals surface area contributed by atoms with E-state index in [0.717, 1.165) is 23.0 Å². The van der Waals surface area contributed by atoms with E-state index in [4.69, 9.17) is 4.74 Å². The Hall–Kier alpha value is -2.59. The highest BCUT2D eigenvalue weighted by molar-refractivity contribution is 6.07. The summed E-state index contributed by atoms with van der Waals surface area (Å²) in [7, 11) is 0. The molecule has 1 aliphatic heterocycles. The molecule has 0 atom stereocenters. The minimum atomic E-state index is 0.0984. The monoisotopic (exact) mass is 320 g/mol. The summed E-state index contributed by atoms with van der Waals surface area (Å²) in [6, 6.07) is 18.4. The van der Waals surface area contributed by atoms with Crippen molar-refractivity contribution in [2.45, 2.75) is 6.54 Å². The van der Waals surface area contributed by atoms with Gasteiger partial charge < -0.3 is 14.2 Å². The fourth-order valence-corrected chi connectivity index (χ4v) is 3.26. The van der Waals surface area contributed by atoms with Gasteiger partial charge in [-0.2, -0.15) is 0 Å². The predicted octanol–water partition coefficient (Wildman–Crippen LogP) is 3.16. The smallest absolute Gasteiger partial charge is 0.256 e. The number of ether oxygens (including phenoxy) is 1. The molecule has 0 aliphatic carbocycles. The van der Waals surface area contributed by atoms with E-state index in [0.29, 0.717) is 26.3 Å². The summed E-state index contributed by atoms with van der Waals surface area (Å²) in [5.41, 5.74) is 3.10. The molecule has 0 saturated carbocycles. The molecule has 0 bridgehead atoms. The first-order valence-electron chi connectivity index (χ1n) is 8.32. The number of aromatic nitrogens is 1. The number of carbonyl (C=O) groups excluding carboxylic acids is 1. The van der Waals surface area contributed by atoms with Crippen molar-refractivity contribution in [3.8, 4) is 0 Å². The van der Waals surface area contributed by atoms with Crippen LogP contribution in [0.3, 0.4) is 0 Å². The lowest BCUT2D eigenvalue weighted by atomic mass is 10.1. The molecule has 4 heteroatoms. The Bertz CT molecular complexity index is 848.